The average Bonchev–Trinajstić information content (AvgIpc) is 2.45. The summed E-state index contributed by atoms with van der Waals surface area (Å²) in [5, 5.41) is 3.14. The molecule has 0 saturated carbocycles. The fourth-order valence-corrected chi connectivity index (χ4v) is 2.77. The minimum atomic E-state index is -4.32. The van der Waals surface area contributed by atoms with E-state index in [9.17, 15) is 13.2 Å². The quantitative estimate of drug-likeness (QED) is 0.880. The summed E-state index contributed by atoms with van der Waals surface area (Å²) in [6.45, 7) is 6.10. The summed E-state index contributed by atoms with van der Waals surface area (Å²) in [5.41, 5.74) is -0.0220. The minimum absolute atomic E-state index is 0.0490. The molecule has 0 bridgehead atoms. The van der Waals surface area contributed by atoms with Gasteiger partial charge in [-0.25, -0.2) is 0 Å². The molecule has 118 valence electrons. The Kier molecular flexibility index (Phi) is 5.51. The lowest BCUT2D eigenvalue weighted by atomic mass is 10.2. The van der Waals surface area contributed by atoms with E-state index in [2.05, 4.69) is 33.1 Å². The molecule has 1 aliphatic rings. The molecule has 1 heterocycles. The number of nitrogens with one attached hydrogen (secondary N) is 1. The molecule has 1 atom stereocenters. The number of benzene rings is 1. The Balaban J connectivity index is 1.94. The first-order valence-corrected chi connectivity index (χ1v) is 7.64. The molecule has 0 amide bonds. The fourth-order valence-electron chi connectivity index (χ4n) is 2.25. The Morgan fingerprint density at radius 1 is 1.43 bits per heavy atom. The number of anilines is 1. The lowest BCUT2D eigenvalue weighted by Gasteiger charge is -2.32. The molecule has 0 aromatic heterocycles. The summed E-state index contributed by atoms with van der Waals surface area (Å²) in [6, 6.07) is 3.60. The first-order valence-electron chi connectivity index (χ1n) is 6.84. The van der Waals surface area contributed by atoms with Gasteiger partial charge >= 0.3 is 6.18 Å². The number of rotatable bonds is 4. The van der Waals surface area contributed by atoms with Gasteiger partial charge in [0.2, 0.25) is 0 Å². The number of morpholine rings is 1. The second kappa shape index (κ2) is 6.98. The molecule has 1 saturated heterocycles. The second-order valence-corrected chi connectivity index (χ2v) is 5.81. The van der Waals surface area contributed by atoms with Crippen LogP contribution in [0.25, 0.3) is 0 Å². The van der Waals surface area contributed by atoms with Crippen molar-refractivity contribution in [1.29, 1.82) is 0 Å². The van der Waals surface area contributed by atoms with Gasteiger partial charge in [0.1, 0.15) is 0 Å². The van der Waals surface area contributed by atoms with Crippen LogP contribution in [0.2, 0.25) is 0 Å². The summed E-state index contributed by atoms with van der Waals surface area (Å²) in [4.78, 5) is 2.29. The van der Waals surface area contributed by atoms with Gasteiger partial charge in [0, 0.05) is 29.8 Å². The number of likely N-dealkylation sites (N-methyl/N-ethyl adjacent to an activating group) is 1. The monoisotopic (exact) mass is 366 g/mol. The molecule has 21 heavy (non-hydrogen) atoms. The number of hydrogen-bond donors (Lipinski definition) is 1. The van der Waals surface area contributed by atoms with Gasteiger partial charge in [-0.3, -0.25) is 4.90 Å². The Labute approximate surface area is 130 Å². The minimum Gasteiger partial charge on any atom is -0.381 e. The number of alkyl halides is 3. The smallest absolute Gasteiger partial charge is 0.381 e. The van der Waals surface area contributed by atoms with Gasteiger partial charge in [0.05, 0.1) is 18.3 Å². The molecule has 0 spiro atoms. The van der Waals surface area contributed by atoms with Crippen LogP contribution in [0.1, 0.15) is 12.5 Å². The van der Waals surface area contributed by atoms with Crippen molar-refractivity contribution in [3.8, 4) is 0 Å². The first kappa shape index (κ1) is 16.6. The summed E-state index contributed by atoms with van der Waals surface area (Å²) < 4.78 is 43.8. The lowest BCUT2D eigenvalue weighted by Crippen LogP contribution is -2.45. The van der Waals surface area contributed by atoms with Crippen LogP contribution >= 0.6 is 15.9 Å². The van der Waals surface area contributed by atoms with E-state index in [1.807, 2.05) is 0 Å². The summed E-state index contributed by atoms with van der Waals surface area (Å²) in [7, 11) is 0. The normalized spacial score (nSPS) is 20.5. The van der Waals surface area contributed by atoms with E-state index in [-0.39, 0.29) is 6.10 Å². The van der Waals surface area contributed by atoms with Gasteiger partial charge in [-0.1, -0.05) is 6.92 Å². The highest BCUT2D eigenvalue weighted by atomic mass is 79.9. The molecular weight excluding hydrogens is 349 g/mol. The molecule has 1 N–H and O–H groups in total. The maximum Gasteiger partial charge on any atom is 0.416 e. The maximum atomic E-state index is 12.6. The van der Waals surface area contributed by atoms with E-state index in [1.54, 1.807) is 0 Å². The molecule has 1 unspecified atom stereocenters. The van der Waals surface area contributed by atoms with Crippen LogP contribution in [-0.2, 0) is 10.9 Å². The van der Waals surface area contributed by atoms with Crippen LogP contribution in [0.4, 0.5) is 18.9 Å². The Morgan fingerprint density at radius 3 is 2.81 bits per heavy atom. The van der Waals surface area contributed by atoms with E-state index >= 15 is 0 Å². The molecular formula is C14H18BrF3N2O. The summed E-state index contributed by atoms with van der Waals surface area (Å²) in [6.07, 6.45) is -4.28. The Bertz CT molecular complexity index is 482. The van der Waals surface area contributed by atoms with Gasteiger partial charge in [0.15, 0.2) is 0 Å². The number of halogens is 4. The van der Waals surface area contributed by atoms with Crippen molar-refractivity contribution in [3.63, 3.8) is 0 Å². The van der Waals surface area contributed by atoms with Crippen molar-refractivity contribution < 1.29 is 17.9 Å². The third-order valence-electron chi connectivity index (χ3n) is 3.49. The second-order valence-electron chi connectivity index (χ2n) is 4.96. The summed E-state index contributed by atoms with van der Waals surface area (Å²) >= 11 is 3.18. The third-order valence-corrected chi connectivity index (χ3v) is 4.14. The average molecular weight is 367 g/mol. The summed E-state index contributed by atoms with van der Waals surface area (Å²) in [5.74, 6) is 0. The van der Waals surface area contributed by atoms with Crippen LogP contribution in [-0.4, -0.2) is 43.8 Å². The largest absolute Gasteiger partial charge is 0.416 e. The Morgan fingerprint density at radius 2 is 2.19 bits per heavy atom. The van der Waals surface area contributed by atoms with E-state index in [0.29, 0.717) is 23.3 Å². The highest BCUT2D eigenvalue weighted by Gasteiger charge is 2.30. The van der Waals surface area contributed by atoms with E-state index in [0.717, 1.165) is 31.8 Å². The zero-order valence-electron chi connectivity index (χ0n) is 11.7. The van der Waals surface area contributed by atoms with Crippen LogP contribution in [0.5, 0.6) is 0 Å². The molecule has 0 radical (unpaired) electrons. The van der Waals surface area contributed by atoms with Crippen LogP contribution < -0.4 is 5.32 Å². The molecule has 1 fully saturated rings. The lowest BCUT2D eigenvalue weighted by molar-refractivity contribution is -0.137. The predicted octanol–water partition coefficient (Wildman–Crippen LogP) is 3.60. The van der Waals surface area contributed by atoms with E-state index in [1.165, 1.54) is 6.07 Å². The van der Waals surface area contributed by atoms with Crippen molar-refractivity contribution >= 4 is 21.6 Å². The molecule has 7 heteroatoms. The number of hydrogen-bond acceptors (Lipinski definition) is 3. The Hall–Kier alpha value is -0.790. The number of nitrogens with zero attached hydrogens (tertiary/aromatic N) is 1. The zero-order chi connectivity index (χ0) is 15.5. The van der Waals surface area contributed by atoms with Crippen LogP contribution in [0.3, 0.4) is 0 Å². The molecule has 1 aromatic carbocycles. The highest BCUT2D eigenvalue weighted by molar-refractivity contribution is 9.10. The SMILES string of the molecule is CCN1CCOC(CNc2ccc(C(F)(F)F)cc2Br)C1. The van der Waals surface area contributed by atoms with Gasteiger partial charge in [-0.2, -0.15) is 13.2 Å². The zero-order valence-corrected chi connectivity index (χ0v) is 13.3. The molecule has 3 nitrogen and oxygen atoms in total. The highest BCUT2D eigenvalue weighted by Crippen LogP contribution is 2.33. The molecule has 2 rings (SSSR count). The number of ether oxygens (including phenoxy) is 1. The van der Waals surface area contributed by atoms with E-state index in [4.69, 9.17) is 4.74 Å². The van der Waals surface area contributed by atoms with Gasteiger partial charge in [-0.15, -0.1) is 0 Å². The van der Waals surface area contributed by atoms with Gasteiger partial charge < -0.3 is 10.1 Å². The van der Waals surface area contributed by atoms with Crippen LogP contribution in [0.15, 0.2) is 22.7 Å². The third kappa shape index (κ3) is 4.59. The van der Waals surface area contributed by atoms with Gasteiger partial charge in [-0.05, 0) is 40.7 Å². The van der Waals surface area contributed by atoms with Crippen molar-refractivity contribution in [2.45, 2.75) is 19.2 Å². The topological polar surface area (TPSA) is 24.5 Å². The first-order chi connectivity index (χ1) is 9.90. The molecule has 0 aliphatic carbocycles. The van der Waals surface area contributed by atoms with Crippen LogP contribution in [0, 0.1) is 0 Å². The van der Waals surface area contributed by atoms with E-state index < -0.39 is 11.7 Å². The van der Waals surface area contributed by atoms with Crippen molar-refractivity contribution in [1.82, 2.24) is 4.90 Å². The predicted molar refractivity (Wildman–Crippen MR) is 79.5 cm³/mol. The standard InChI is InChI=1S/C14H18BrF3N2O/c1-2-20-5-6-21-11(9-20)8-19-13-4-3-10(7-12(13)15)14(16,17)18/h3-4,7,11,19H,2,5-6,8-9H2,1H3. The van der Waals surface area contributed by atoms with Crippen molar-refractivity contribution in [3.05, 3.63) is 28.2 Å². The fraction of sp³-hybridized carbons (Fsp3) is 0.571. The molecule has 1 aromatic rings. The maximum absolute atomic E-state index is 12.6. The molecule has 1 aliphatic heterocycles. The van der Waals surface area contributed by atoms with Gasteiger partial charge in [0.25, 0.3) is 0 Å². The van der Waals surface area contributed by atoms with Crippen molar-refractivity contribution in [2.24, 2.45) is 0 Å². The van der Waals surface area contributed by atoms with Crippen molar-refractivity contribution in [2.75, 3.05) is 38.1 Å².